The predicted octanol–water partition coefficient (Wildman–Crippen LogP) is 2.52. The van der Waals surface area contributed by atoms with Gasteiger partial charge >= 0.3 is 0 Å². The molecule has 0 aliphatic carbocycles. The van der Waals surface area contributed by atoms with Crippen LogP contribution in [0.25, 0.3) is 0 Å². The first kappa shape index (κ1) is 14.8. The number of halogens is 1. The second-order valence-corrected chi connectivity index (χ2v) is 6.22. The molecule has 1 heterocycles. The van der Waals surface area contributed by atoms with Crippen molar-refractivity contribution in [2.75, 3.05) is 7.05 Å². The zero-order chi connectivity index (χ0) is 15.7. The van der Waals surface area contributed by atoms with Crippen LogP contribution in [-0.4, -0.2) is 30.2 Å². The summed E-state index contributed by atoms with van der Waals surface area (Å²) in [5.41, 5.74) is 7.08. The molecule has 3 rings (SSSR count). The van der Waals surface area contributed by atoms with Crippen LogP contribution in [0.15, 0.2) is 64.1 Å². The Hall–Kier alpha value is -2.14. The lowest BCUT2D eigenvalue weighted by Crippen LogP contribution is -2.46. The van der Waals surface area contributed by atoms with Gasteiger partial charge in [0.1, 0.15) is 17.9 Å². The average Bonchev–Trinajstić information content (AvgIpc) is 2.80. The summed E-state index contributed by atoms with van der Waals surface area (Å²) in [5, 5.41) is 0. The predicted molar refractivity (Wildman–Crippen MR) is 90.6 cm³/mol. The lowest BCUT2D eigenvalue weighted by Gasteiger charge is -2.33. The van der Waals surface area contributed by atoms with Crippen molar-refractivity contribution in [2.45, 2.75) is 11.6 Å². The van der Waals surface area contributed by atoms with Gasteiger partial charge in [-0.15, -0.1) is 0 Å². The molecular formula is C17H16BrN3O. The highest BCUT2D eigenvalue weighted by atomic mass is 79.9. The molecule has 2 atom stereocenters. The number of hydrogen-bond acceptors (Lipinski definition) is 4. The van der Waals surface area contributed by atoms with Gasteiger partial charge < -0.3 is 15.4 Å². The van der Waals surface area contributed by atoms with E-state index in [1.807, 2.05) is 54.6 Å². The van der Waals surface area contributed by atoms with E-state index in [2.05, 4.69) is 15.9 Å². The topological polar surface area (TPSA) is 58.7 Å². The van der Waals surface area contributed by atoms with Crippen LogP contribution in [-0.2, 0) is 10.3 Å². The summed E-state index contributed by atoms with van der Waals surface area (Å²) in [4.78, 5) is 18.3. The number of nitrogens with two attached hydrogens (primary N) is 1. The fraction of sp³-hybridized carbons (Fsp3) is 0.176. The Balaban J connectivity index is 2.31. The first-order valence-electron chi connectivity index (χ1n) is 6.94. The van der Waals surface area contributed by atoms with Crippen LogP contribution in [0.4, 0.5) is 0 Å². The SMILES string of the molecule is CN1C(N)=NC(c2ccccc2)(c2cccc(Br)c2)C1C=O. The van der Waals surface area contributed by atoms with Crippen LogP contribution in [0, 0.1) is 0 Å². The Morgan fingerprint density at radius 2 is 1.86 bits per heavy atom. The highest BCUT2D eigenvalue weighted by Crippen LogP contribution is 2.42. The molecule has 0 amide bonds. The Kier molecular flexibility index (Phi) is 3.74. The van der Waals surface area contributed by atoms with Gasteiger partial charge in [-0.2, -0.15) is 0 Å². The molecular weight excluding hydrogens is 342 g/mol. The molecule has 0 saturated carbocycles. The maximum Gasteiger partial charge on any atom is 0.193 e. The van der Waals surface area contributed by atoms with Gasteiger partial charge in [0.15, 0.2) is 5.96 Å². The summed E-state index contributed by atoms with van der Waals surface area (Å²) in [5.74, 6) is 0.362. The number of hydrogen-bond donors (Lipinski definition) is 1. The highest BCUT2D eigenvalue weighted by molar-refractivity contribution is 9.10. The van der Waals surface area contributed by atoms with E-state index in [-0.39, 0.29) is 0 Å². The van der Waals surface area contributed by atoms with Crippen molar-refractivity contribution >= 4 is 28.2 Å². The van der Waals surface area contributed by atoms with Crippen LogP contribution in [0.2, 0.25) is 0 Å². The third-order valence-corrected chi connectivity index (χ3v) is 4.60. The fourth-order valence-corrected chi connectivity index (χ4v) is 3.39. The molecule has 2 aromatic carbocycles. The Labute approximate surface area is 137 Å². The molecule has 0 radical (unpaired) electrons. The lowest BCUT2D eigenvalue weighted by molar-refractivity contribution is -0.111. The molecule has 22 heavy (non-hydrogen) atoms. The summed E-state index contributed by atoms with van der Waals surface area (Å²) in [7, 11) is 1.79. The first-order chi connectivity index (χ1) is 10.6. The highest BCUT2D eigenvalue weighted by Gasteiger charge is 2.49. The second-order valence-electron chi connectivity index (χ2n) is 5.30. The van der Waals surface area contributed by atoms with E-state index in [0.29, 0.717) is 5.96 Å². The Morgan fingerprint density at radius 3 is 2.50 bits per heavy atom. The fourth-order valence-electron chi connectivity index (χ4n) is 2.99. The Morgan fingerprint density at radius 1 is 1.18 bits per heavy atom. The maximum absolute atomic E-state index is 11.8. The molecule has 4 nitrogen and oxygen atoms in total. The van der Waals surface area contributed by atoms with Gasteiger partial charge in [0.05, 0.1) is 0 Å². The van der Waals surface area contributed by atoms with Gasteiger partial charge in [-0.3, -0.25) is 0 Å². The van der Waals surface area contributed by atoms with E-state index in [1.165, 1.54) is 0 Å². The van der Waals surface area contributed by atoms with Crippen molar-refractivity contribution in [1.29, 1.82) is 0 Å². The van der Waals surface area contributed by atoms with Crippen molar-refractivity contribution in [3.8, 4) is 0 Å². The zero-order valence-electron chi connectivity index (χ0n) is 12.1. The van der Waals surface area contributed by atoms with E-state index in [1.54, 1.807) is 11.9 Å². The van der Waals surface area contributed by atoms with Crippen LogP contribution in [0.3, 0.4) is 0 Å². The molecule has 1 aliphatic rings. The minimum atomic E-state index is -0.828. The number of rotatable bonds is 3. The molecule has 0 spiro atoms. The van der Waals surface area contributed by atoms with Crippen LogP contribution in [0.5, 0.6) is 0 Å². The van der Waals surface area contributed by atoms with Gasteiger partial charge in [-0.1, -0.05) is 58.4 Å². The smallest absolute Gasteiger partial charge is 0.193 e. The summed E-state index contributed by atoms with van der Waals surface area (Å²) in [6.07, 6.45) is 0.914. The molecule has 0 aromatic heterocycles. The third-order valence-electron chi connectivity index (χ3n) is 4.11. The molecule has 5 heteroatoms. The van der Waals surface area contributed by atoms with Gasteiger partial charge in [0, 0.05) is 11.5 Å². The first-order valence-corrected chi connectivity index (χ1v) is 7.74. The lowest BCUT2D eigenvalue weighted by atomic mass is 9.78. The van der Waals surface area contributed by atoms with Gasteiger partial charge in [-0.25, -0.2) is 4.99 Å². The summed E-state index contributed by atoms with van der Waals surface area (Å²) in [6.45, 7) is 0. The van der Waals surface area contributed by atoms with E-state index in [0.717, 1.165) is 21.9 Å². The van der Waals surface area contributed by atoms with E-state index < -0.39 is 11.6 Å². The van der Waals surface area contributed by atoms with E-state index in [4.69, 9.17) is 10.7 Å². The molecule has 0 saturated heterocycles. The number of nitrogens with zero attached hydrogens (tertiary/aromatic N) is 2. The summed E-state index contributed by atoms with van der Waals surface area (Å²) in [6, 6.07) is 17.2. The number of benzene rings is 2. The monoisotopic (exact) mass is 357 g/mol. The number of carbonyl (C=O) groups excluding carboxylic acids is 1. The van der Waals surface area contributed by atoms with Crippen LogP contribution >= 0.6 is 15.9 Å². The van der Waals surface area contributed by atoms with Crippen LogP contribution in [0.1, 0.15) is 11.1 Å². The molecule has 2 aromatic rings. The van der Waals surface area contributed by atoms with Crippen LogP contribution < -0.4 is 5.73 Å². The minimum Gasteiger partial charge on any atom is -0.370 e. The molecule has 1 aliphatic heterocycles. The van der Waals surface area contributed by atoms with Crippen molar-refractivity contribution in [3.63, 3.8) is 0 Å². The van der Waals surface area contributed by atoms with Crippen molar-refractivity contribution in [1.82, 2.24) is 4.90 Å². The Bertz CT molecular complexity index is 732. The van der Waals surface area contributed by atoms with E-state index >= 15 is 0 Å². The van der Waals surface area contributed by atoms with Crippen molar-refractivity contribution < 1.29 is 4.79 Å². The number of carbonyl (C=O) groups is 1. The molecule has 112 valence electrons. The number of likely N-dealkylation sites (N-methyl/N-ethyl adjacent to an activating group) is 1. The average molecular weight is 358 g/mol. The molecule has 0 bridgehead atoms. The van der Waals surface area contributed by atoms with E-state index in [9.17, 15) is 4.79 Å². The molecule has 2 N–H and O–H groups in total. The minimum absolute atomic E-state index is 0.362. The second kappa shape index (κ2) is 5.57. The standard InChI is InChI=1S/C17H16BrN3O/c1-21-15(11-22)17(20-16(21)19,12-6-3-2-4-7-12)13-8-5-9-14(18)10-13/h2-11,15H,1H3,(H2,19,20). The summed E-state index contributed by atoms with van der Waals surface area (Å²) >= 11 is 3.50. The summed E-state index contributed by atoms with van der Waals surface area (Å²) < 4.78 is 0.938. The third kappa shape index (κ3) is 2.13. The largest absolute Gasteiger partial charge is 0.370 e. The quantitative estimate of drug-likeness (QED) is 0.858. The zero-order valence-corrected chi connectivity index (χ0v) is 13.7. The van der Waals surface area contributed by atoms with Gasteiger partial charge in [0.2, 0.25) is 0 Å². The van der Waals surface area contributed by atoms with Crippen molar-refractivity contribution in [2.24, 2.45) is 10.7 Å². The molecule has 0 fully saturated rings. The number of aliphatic imine (C=N–C) groups is 1. The molecule has 2 unspecified atom stereocenters. The number of aldehydes is 1. The number of guanidine groups is 1. The van der Waals surface area contributed by atoms with Crippen molar-refractivity contribution in [3.05, 3.63) is 70.2 Å². The normalized spacial score (nSPS) is 24.2. The van der Waals surface area contributed by atoms with Gasteiger partial charge in [-0.05, 0) is 23.3 Å². The maximum atomic E-state index is 11.8. The van der Waals surface area contributed by atoms with Gasteiger partial charge in [0.25, 0.3) is 0 Å².